The summed E-state index contributed by atoms with van der Waals surface area (Å²) in [5.74, 6) is -1.05. The van der Waals surface area contributed by atoms with E-state index in [-0.39, 0.29) is 11.0 Å². The molecule has 0 amide bonds. The Bertz CT molecular complexity index is 771. The third kappa shape index (κ3) is 2.75. The zero-order valence-electron chi connectivity index (χ0n) is 11.2. The number of pyridine rings is 1. The van der Waals surface area contributed by atoms with E-state index in [0.29, 0.717) is 27.9 Å². The van der Waals surface area contributed by atoms with Gasteiger partial charge in [0.15, 0.2) is 5.43 Å². The number of aromatic nitrogens is 1. The second-order valence-corrected chi connectivity index (χ2v) is 5.21. The smallest absolute Gasteiger partial charge is 0.335 e. The standard InChI is InChI=1S/C15H14ClNO3/c1-8(16)3-5-11-9(2)17-13-6-4-10(15(19)20)7-12(13)14(11)18/h3-4,6-7H,5H2,1-2H3,(H,17,18)(H,19,20). The highest BCUT2D eigenvalue weighted by atomic mass is 35.5. The first kappa shape index (κ1) is 14.3. The quantitative estimate of drug-likeness (QED) is 0.912. The molecule has 0 bridgehead atoms. The van der Waals surface area contributed by atoms with Crippen LogP contribution >= 0.6 is 11.6 Å². The van der Waals surface area contributed by atoms with Crippen molar-refractivity contribution in [3.05, 3.63) is 56.4 Å². The lowest BCUT2D eigenvalue weighted by molar-refractivity contribution is 0.0697. The van der Waals surface area contributed by atoms with Crippen molar-refractivity contribution in [2.75, 3.05) is 0 Å². The van der Waals surface area contributed by atoms with Crippen LogP contribution in [0.15, 0.2) is 34.1 Å². The van der Waals surface area contributed by atoms with Crippen LogP contribution in [0.4, 0.5) is 0 Å². The van der Waals surface area contributed by atoms with Crippen LogP contribution in [0.5, 0.6) is 0 Å². The first-order valence-electron chi connectivity index (χ1n) is 6.11. The van der Waals surface area contributed by atoms with Gasteiger partial charge in [0.05, 0.1) is 5.56 Å². The Labute approximate surface area is 120 Å². The minimum atomic E-state index is -1.05. The molecule has 1 aromatic heterocycles. The number of benzene rings is 1. The highest BCUT2D eigenvalue weighted by Crippen LogP contribution is 2.15. The van der Waals surface area contributed by atoms with Crippen LogP contribution in [-0.4, -0.2) is 16.1 Å². The number of halogens is 1. The maximum absolute atomic E-state index is 12.5. The van der Waals surface area contributed by atoms with Gasteiger partial charge in [-0.15, -0.1) is 0 Å². The van der Waals surface area contributed by atoms with Crippen molar-refractivity contribution >= 4 is 28.5 Å². The number of hydrogen-bond acceptors (Lipinski definition) is 2. The maximum atomic E-state index is 12.5. The summed E-state index contributed by atoms with van der Waals surface area (Å²) in [7, 11) is 0. The van der Waals surface area contributed by atoms with Gasteiger partial charge in [-0.25, -0.2) is 4.79 Å². The van der Waals surface area contributed by atoms with Gasteiger partial charge in [0, 0.05) is 27.2 Å². The summed E-state index contributed by atoms with van der Waals surface area (Å²) >= 11 is 5.79. The molecule has 0 radical (unpaired) electrons. The summed E-state index contributed by atoms with van der Waals surface area (Å²) in [6, 6.07) is 4.48. The van der Waals surface area contributed by atoms with E-state index >= 15 is 0 Å². The normalized spacial score (nSPS) is 11.8. The van der Waals surface area contributed by atoms with Gasteiger partial charge in [0.1, 0.15) is 0 Å². The molecule has 4 nitrogen and oxygen atoms in total. The minimum Gasteiger partial charge on any atom is -0.478 e. The Morgan fingerprint density at radius 3 is 2.75 bits per heavy atom. The van der Waals surface area contributed by atoms with Crippen LogP contribution in [-0.2, 0) is 6.42 Å². The van der Waals surface area contributed by atoms with E-state index in [0.717, 1.165) is 5.69 Å². The number of H-pyrrole nitrogens is 1. The zero-order chi connectivity index (χ0) is 14.9. The van der Waals surface area contributed by atoms with Crippen molar-refractivity contribution < 1.29 is 9.90 Å². The highest BCUT2D eigenvalue weighted by molar-refractivity contribution is 6.29. The third-order valence-corrected chi connectivity index (χ3v) is 3.30. The van der Waals surface area contributed by atoms with E-state index in [2.05, 4.69) is 4.98 Å². The van der Waals surface area contributed by atoms with Crippen molar-refractivity contribution in [2.45, 2.75) is 20.3 Å². The number of aromatic carboxylic acids is 1. The topological polar surface area (TPSA) is 70.2 Å². The molecule has 0 atom stereocenters. The molecule has 0 fully saturated rings. The lowest BCUT2D eigenvalue weighted by atomic mass is 10.0. The Hall–Kier alpha value is -2.07. The van der Waals surface area contributed by atoms with Crippen LogP contribution in [0.3, 0.4) is 0 Å². The summed E-state index contributed by atoms with van der Waals surface area (Å²) < 4.78 is 0. The molecular formula is C15H14ClNO3. The fraction of sp³-hybridized carbons (Fsp3) is 0.200. The molecule has 0 aliphatic heterocycles. The number of carbonyl (C=O) groups is 1. The van der Waals surface area contributed by atoms with E-state index in [9.17, 15) is 9.59 Å². The molecule has 5 heteroatoms. The lowest BCUT2D eigenvalue weighted by Gasteiger charge is -2.07. The van der Waals surface area contributed by atoms with Crippen molar-refractivity contribution in [3.8, 4) is 0 Å². The fourth-order valence-electron chi connectivity index (χ4n) is 2.07. The average Bonchev–Trinajstić information content (AvgIpc) is 2.37. The molecule has 2 aromatic rings. The van der Waals surface area contributed by atoms with E-state index in [4.69, 9.17) is 16.7 Å². The van der Waals surface area contributed by atoms with Crippen LogP contribution in [0, 0.1) is 6.92 Å². The molecule has 20 heavy (non-hydrogen) atoms. The van der Waals surface area contributed by atoms with Crippen LogP contribution in [0.25, 0.3) is 10.9 Å². The summed E-state index contributed by atoms with van der Waals surface area (Å²) in [6.07, 6.45) is 2.18. The van der Waals surface area contributed by atoms with Gasteiger partial charge in [0.2, 0.25) is 0 Å². The molecule has 104 valence electrons. The van der Waals surface area contributed by atoms with Gasteiger partial charge in [0.25, 0.3) is 0 Å². The van der Waals surface area contributed by atoms with Gasteiger partial charge in [-0.05, 0) is 38.5 Å². The second-order valence-electron chi connectivity index (χ2n) is 4.62. The first-order valence-corrected chi connectivity index (χ1v) is 6.49. The van der Waals surface area contributed by atoms with Gasteiger partial charge in [-0.3, -0.25) is 4.79 Å². The molecule has 1 heterocycles. The number of allylic oxidation sites excluding steroid dienone is 2. The SMILES string of the molecule is CC(Cl)=CCc1c(C)[nH]c2ccc(C(=O)O)cc2c1=O. The van der Waals surface area contributed by atoms with Gasteiger partial charge in [-0.2, -0.15) is 0 Å². The number of aromatic amines is 1. The Kier molecular flexibility index (Phi) is 3.95. The monoisotopic (exact) mass is 291 g/mol. The first-order chi connectivity index (χ1) is 9.40. The van der Waals surface area contributed by atoms with E-state index in [1.165, 1.54) is 12.1 Å². The second kappa shape index (κ2) is 5.51. The molecule has 0 saturated heterocycles. The minimum absolute atomic E-state index is 0.0990. The van der Waals surface area contributed by atoms with Crippen molar-refractivity contribution in [1.29, 1.82) is 0 Å². The Morgan fingerprint density at radius 2 is 2.15 bits per heavy atom. The lowest BCUT2D eigenvalue weighted by Crippen LogP contribution is -2.13. The van der Waals surface area contributed by atoms with E-state index in [1.807, 2.05) is 6.92 Å². The molecule has 0 spiro atoms. The van der Waals surface area contributed by atoms with Crippen molar-refractivity contribution in [2.24, 2.45) is 0 Å². The predicted octanol–water partition coefficient (Wildman–Crippen LogP) is 3.22. The summed E-state index contributed by atoms with van der Waals surface area (Å²) in [4.78, 5) is 26.6. The Balaban J connectivity index is 2.68. The molecule has 2 N–H and O–H groups in total. The van der Waals surface area contributed by atoms with Crippen LogP contribution in [0.2, 0.25) is 0 Å². The maximum Gasteiger partial charge on any atom is 0.335 e. The molecule has 0 unspecified atom stereocenters. The molecule has 0 saturated carbocycles. The number of nitrogens with one attached hydrogen (secondary N) is 1. The van der Waals surface area contributed by atoms with Crippen LogP contribution in [0.1, 0.15) is 28.5 Å². The van der Waals surface area contributed by atoms with E-state index < -0.39 is 5.97 Å². The largest absolute Gasteiger partial charge is 0.478 e. The third-order valence-electron chi connectivity index (χ3n) is 3.15. The fourth-order valence-corrected chi connectivity index (χ4v) is 2.15. The molecule has 1 aromatic carbocycles. The van der Waals surface area contributed by atoms with Crippen molar-refractivity contribution in [1.82, 2.24) is 4.98 Å². The predicted molar refractivity (Wildman–Crippen MR) is 79.6 cm³/mol. The van der Waals surface area contributed by atoms with Gasteiger partial charge >= 0.3 is 5.97 Å². The number of rotatable bonds is 3. The van der Waals surface area contributed by atoms with Crippen molar-refractivity contribution in [3.63, 3.8) is 0 Å². The molecule has 0 aliphatic carbocycles. The number of aryl methyl sites for hydroxylation is 1. The molecule has 2 rings (SSSR count). The molecular weight excluding hydrogens is 278 g/mol. The van der Waals surface area contributed by atoms with E-state index in [1.54, 1.807) is 19.1 Å². The highest BCUT2D eigenvalue weighted by Gasteiger charge is 2.11. The summed E-state index contributed by atoms with van der Waals surface area (Å²) in [5.41, 5.74) is 1.93. The summed E-state index contributed by atoms with van der Waals surface area (Å²) in [5, 5.41) is 9.99. The molecule has 0 aliphatic rings. The summed E-state index contributed by atoms with van der Waals surface area (Å²) in [6.45, 7) is 3.56. The number of carboxylic acid groups (broad SMARTS) is 1. The Morgan fingerprint density at radius 1 is 1.45 bits per heavy atom. The number of fused-ring (bicyclic) bond motifs is 1. The number of carboxylic acids is 1. The average molecular weight is 292 g/mol. The van der Waals surface area contributed by atoms with Gasteiger partial charge in [-0.1, -0.05) is 17.7 Å². The van der Waals surface area contributed by atoms with Gasteiger partial charge < -0.3 is 10.1 Å². The number of hydrogen-bond donors (Lipinski definition) is 2. The van der Waals surface area contributed by atoms with Crippen LogP contribution < -0.4 is 5.43 Å². The zero-order valence-corrected chi connectivity index (χ0v) is 11.9.